The van der Waals surface area contributed by atoms with Crippen LogP contribution >= 0.6 is 15.9 Å². The van der Waals surface area contributed by atoms with Gasteiger partial charge >= 0.3 is 0 Å². The van der Waals surface area contributed by atoms with E-state index in [1.165, 1.54) is 24.9 Å². The Hall–Kier alpha value is -0.570. The average molecular weight is 283 g/mol. The summed E-state index contributed by atoms with van der Waals surface area (Å²) >= 11 is 3.53. The molecule has 2 atom stereocenters. The number of nitrogens with one attached hydrogen (secondary N) is 1. The van der Waals surface area contributed by atoms with E-state index in [0.29, 0.717) is 6.04 Å². The second-order valence-corrected chi connectivity index (χ2v) is 5.97. The van der Waals surface area contributed by atoms with Gasteiger partial charge in [0.1, 0.15) is 0 Å². The number of halogens is 1. The molecule has 0 aliphatic heterocycles. The highest BCUT2D eigenvalue weighted by atomic mass is 79.9. The van der Waals surface area contributed by atoms with Crippen LogP contribution in [0.2, 0.25) is 0 Å². The lowest BCUT2D eigenvalue weighted by Gasteiger charge is -2.32. The van der Waals surface area contributed by atoms with Crippen molar-refractivity contribution in [2.45, 2.75) is 39.2 Å². The fourth-order valence-electron chi connectivity index (χ4n) is 2.78. The molecule has 1 aromatic rings. The van der Waals surface area contributed by atoms with Gasteiger partial charge < -0.3 is 5.32 Å². The van der Waals surface area contributed by atoms with E-state index in [1.807, 2.05) is 18.5 Å². The number of anilines is 1. The minimum absolute atomic E-state index is 0.609. The van der Waals surface area contributed by atoms with Gasteiger partial charge in [0.15, 0.2) is 0 Å². The Morgan fingerprint density at radius 2 is 1.94 bits per heavy atom. The van der Waals surface area contributed by atoms with Gasteiger partial charge in [-0.3, -0.25) is 4.98 Å². The van der Waals surface area contributed by atoms with Gasteiger partial charge in [-0.2, -0.15) is 0 Å². The average Bonchev–Trinajstić information content (AvgIpc) is 2.20. The standard InChI is InChI=1S/C13H19BrN2/c1-9-5-10(2)7-11(6-9)16-13-3-4-15-8-12(13)14/h3-4,8-11H,5-7H2,1-2H3,(H,15,16). The topological polar surface area (TPSA) is 24.9 Å². The Bertz CT molecular complexity index is 344. The van der Waals surface area contributed by atoms with Crippen LogP contribution < -0.4 is 5.32 Å². The van der Waals surface area contributed by atoms with E-state index in [2.05, 4.69) is 40.1 Å². The molecule has 1 aliphatic rings. The van der Waals surface area contributed by atoms with Crippen LogP contribution in [0.5, 0.6) is 0 Å². The summed E-state index contributed by atoms with van der Waals surface area (Å²) in [6, 6.07) is 2.64. The molecule has 0 bridgehead atoms. The SMILES string of the molecule is CC1CC(C)CC(Nc2ccncc2Br)C1. The zero-order valence-electron chi connectivity index (χ0n) is 9.91. The van der Waals surface area contributed by atoms with Gasteiger partial charge in [0.2, 0.25) is 0 Å². The van der Waals surface area contributed by atoms with Gasteiger partial charge in [-0.15, -0.1) is 0 Å². The first kappa shape index (κ1) is 11.9. The number of rotatable bonds is 2. The van der Waals surface area contributed by atoms with Crippen LogP contribution in [0.3, 0.4) is 0 Å². The van der Waals surface area contributed by atoms with Crippen LogP contribution in [0.4, 0.5) is 5.69 Å². The van der Waals surface area contributed by atoms with E-state index < -0.39 is 0 Å². The Kier molecular flexibility index (Phi) is 3.85. The molecule has 2 nitrogen and oxygen atoms in total. The first-order valence-electron chi connectivity index (χ1n) is 6.01. The number of nitrogens with zero attached hydrogens (tertiary/aromatic N) is 1. The zero-order chi connectivity index (χ0) is 11.5. The molecule has 2 rings (SSSR count). The summed E-state index contributed by atoms with van der Waals surface area (Å²) in [5.74, 6) is 1.67. The molecule has 2 unspecified atom stereocenters. The fourth-order valence-corrected chi connectivity index (χ4v) is 3.14. The van der Waals surface area contributed by atoms with Crippen molar-refractivity contribution >= 4 is 21.6 Å². The van der Waals surface area contributed by atoms with Gasteiger partial charge in [-0.25, -0.2) is 0 Å². The Balaban J connectivity index is 2.02. The normalized spacial score (nSPS) is 30.1. The number of hydrogen-bond donors (Lipinski definition) is 1. The van der Waals surface area contributed by atoms with E-state index in [0.717, 1.165) is 16.3 Å². The van der Waals surface area contributed by atoms with E-state index in [4.69, 9.17) is 0 Å². The summed E-state index contributed by atoms with van der Waals surface area (Å²) < 4.78 is 1.06. The van der Waals surface area contributed by atoms with Gasteiger partial charge in [0.25, 0.3) is 0 Å². The molecule has 88 valence electrons. The second kappa shape index (κ2) is 5.17. The number of hydrogen-bond acceptors (Lipinski definition) is 2. The van der Waals surface area contributed by atoms with Crippen molar-refractivity contribution in [2.75, 3.05) is 5.32 Å². The van der Waals surface area contributed by atoms with Gasteiger partial charge in [0, 0.05) is 18.4 Å². The predicted octanol–water partition coefficient (Wildman–Crippen LogP) is 4.08. The van der Waals surface area contributed by atoms with Crippen molar-refractivity contribution in [1.29, 1.82) is 0 Å². The van der Waals surface area contributed by atoms with E-state index in [-0.39, 0.29) is 0 Å². The van der Waals surface area contributed by atoms with Crippen LogP contribution in [0.25, 0.3) is 0 Å². The predicted molar refractivity (Wildman–Crippen MR) is 71.5 cm³/mol. The molecule has 1 heterocycles. The van der Waals surface area contributed by atoms with Gasteiger partial charge in [0.05, 0.1) is 10.2 Å². The number of pyridine rings is 1. The lowest BCUT2D eigenvalue weighted by molar-refractivity contribution is 0.281. The van der Waals surface area contributed by atoms with Crippen LogP contribution in [0, 0.1) is 11.8 Å². The Morgan fingerprint density at radius 1 is 1.25 bits per heavy atom. The molecule has 0 spiro atoms. The summed E-state index contributed by atoms with van der Waals surface area (Å²) in [4.78, 5) is 4.08. The van der Waals surface area contributed by atoms with Crippen molar-refractivity contribution in [3.63, 3.8) is 0 Å². The Labute approximate surface area is 106 Å². The molecule has 1 N–H and O–H groups in total. The van der Waals surface area contributed by atoms with Gasteiger partial charge in [-0.05, 0) is 53.1 Å². The third-order valence-corrected chi connectivity index (χ3v) is 3.94. The summed E-state index contributed by atoms with van der Waals surface area (Å²) in [7, 11) is 0. The summed E-state index contributed by atoms with van der Waals surface area (Å²) in [6.45, 7) is 4.71. The minimum Gasteiger partial charge on any atom is -0.381 e. The molecular weight excluding hydrogens is 264 g/mol. The molecule has 0 amide bonds. The molecule has 1 aliphatic carbocycles. The van der Waals surface area contributed by atoms with Crippen LogP contribution in [0.15, 0.2) is 22.9 Å². The lowest BCUT2D eigenvalue weighted by atomic mass is 9.80. The Morgan fingerprint density at radius 3 is 2.56 bits per heavy atom. The minimum atomic E-state index is 0.609. The largest absolute Gasteiger partial charge is 0.381 e. The van der Waals surface area contributed by atoms with Crippen molar-refractivity contribution in [1.82, 2.24) is 4.98 Å². The van der Waals surface area contributed by atoms with Crippen molar-refractivity contribution in [3.05, 3.63) is 22.9 Å². The third kappa shape index (κ3) is 2.97. The first-order chi connectivity index (χ1) is 7.65. The highest BCUT2D eigenvalue weighted by Crippen LogP contribution is 2.31. The smallest absolute Gasteiger partial charge is 0.0590 e. The summed E-state index contributed by atoms with van der Waals surface area (Å²) in [5, 5.41) is 3.62. The van der Waals surface area contributed by atoms with Crippen molar-refractivity contribution < 1.29 is 0 Å². The molecule has 3 heteroatoms. The van der Waals surface area contributed by atoms with E-state index >= 15 is 0 Å². The molecule has 16 heavy (non-hydrogen) atoms. The van der Waals surface area contributed by atoms with Crippen LogP contribution in [0.1, 0.15) is 33.1 Å². The van der Waals surface area contributed by atoms with Crippen LogP contribution in [-0.4, -0.2) is 11.0 Å². The lowest BCUT2D eigenvalue weighted by Crippen LogP contribution is -2.30. The molecule has 0 saturated heterocycles. The maximum absolute atomic E-state index is 4.08. The maximum atomic E-state index is 4.08. The second-order valence-electron chi connectivity index (χ2n) is 5.11. The highest BCUT2D eigenvalue weighted by molar-refractivity contribution is 9.10. The summed E-state index contributed by atoms with van der Waals surface area (Å²) in [6.07, 6.45) is 7.61. The molecule has 0 radical (unpaired) electrons. The molecule has 1 fully saturated rings. The summed E-state index contributed by atoms with van der Waals surface area (Å²) in [5.41, 5.74) is 1.17. The number of aromatic nitrogens is 1. The van der Waals surface area contributed by atoms with Crippen molar-refractivity contribution in [3.8, 4) is 0 Å². The third-order valence-electron chi connectivity index (χ3n) is 3.31. The highest BCUT2D eigenvalue weighted by Gasteiger charge is 2.23. The zero-order valence-corrected chi connectivity index (χ0v) is 11.5. The fraction of sp³-hybridized carbons (Fsp3) is 0.615. The van der Waals surface area contributed by atoms with Gasteiger partial charge in [-0.1, -0.05) is 13.8 Å². The molecule has 1 saturated carbocycles. The molecular formula is C13H19BrN2. The first-order valence-corrected chi connectivity index (χ1v) is 6.80. The maximum Gasteiger partial charge on any atom is 0.0590 e. The molecule has 0 aromatic carbocycles. The molecule has 1 aromatic heterocycles. The van der Waals surface area contributed by atoms with E-state index in [1.54, 1.807) is 0 Å². The quantitative estimate of drug-likeness (QED) is 0.884. The van der Waals surface area contributed by atoms with Crippen molar-refractivity contribution in [2.24, 2.45) is 11.8 Å². The monoisotopic (exact) mass is 282 g/mol. The van der Waals surface area contributed by atoms with Crippen LogP contribution in [-0.2, 0) is 0 Å². The van der Waals surface area contributed by atoms with E-state index in [9.17, 15) is 0 Å².